The average Bonchev–Trinajstić information content (AvgIpc) is 2.45. The molecule has 0 spiro atoms. The standard InChI is InChI=1S/C15H12F3NO2/c16-15(17,18)12-3-1-2-10(8-12)11-4-5-13(19-9-11)6-7-14(20)21/h1-5,8-9H,6-7H2,(H,20,21). The number of hydrogen-bond acceptors (Lipinski definition) is 2. The Bertz CT molecular complexity index is 636. The van der Waals surface area contributed by atoms with Gasteiger partial charge in [-0.15, -0.1) is 0 Å². The van der Waals surface area contributed by atoms with Crippen LogP contribution in [0.1, 0.15) is 17.7 Å². The maximum atomic E-state index is 12.7. The lowest BCUT2D eigenvalue weighted by molar-refractivity contribution is -0.138. The number of carbonyl (C=O) groups is 1. The molecule has 0 amide bonds. The van der Waals surface area contributed by atoms with Crippen LogP contribution in [0.3, 0.4) is 0 Å². The first-order chi connectivity index (χ1) is 9.86. The highest BCUT2D eigenvalue weighted by molar-refractivity contribution is 5.67. The van der Waals surface area contributed by atoms with Crippen molar-refractivity contribution in [3.05, 3.63) is 53.9 Å². The van der Waals surface area contributed by atoms with E-state index in [4.69, 9.17) is 5.11 Å². The van der Waals surface area contributed by atoms with Gasteiger partial charge in [0.25, 0.3) is 0 Å². The van der Waals surface area contributed by atoms with Crippen LogP contribution in [0.25, 0.3) is 11.1 Å². The lowest BCUT2D eigenvalue weighted by atomic mass is 10.0. The van der Waals surface area contributed by atoms with Crippen LogP contribution >= 0.6 is 0 Å². The largest absolute Gasteiger partial charge is 0.481 e. The molecule has 110 valence electrons. The van der Waals surface area contributed by atoms with E-state index in [0.717, 1.165) is 12.1 Å². The van der Waals surface area contributed by atoms with Gasteiger partial charge in [0.2, 0.25) is 0 Å². The number of carboxylic acids is 1. The van der Waals surface area contributed by atoms with Crippen molar-refractivity contribution in [2.75, 3.05) is 0 Å². The smallest absolute Gasteiger partial charge is 0.416 e. The maximum absolute atomic E-state index is 12.7. The topological polar surface area (TPSA) is 50.2 Å². The quantitative estimate of drug-likeness (QED) is 0.933. The second-order valence-corrected chi connectivity index (χ2v) is 4.51. The third kappa shape index (κ3) is 4.05. The second-order valence-electron chi connectivity index (χ2n) is 4.51. The fraction of sp³-hybridized carbons (Fsp3) is 0.200. The minimum atomic E-state index is -4.38. The van der Waals surface area contributed by atoms with Crippen molar-refractivity contribution >= 4 is 5.97 Å². The molecule has 0 radical (unpaired) electrons. The molecule has 0 aliphatic carbocycles. The zero-order valence-corrected chi connectivity index (χ0v) is 10.9. The van der Waals surface area contributed by atoms with Gasteiger partial charge in [-0.25, -0.2) is 0 Å². The highest BCUT2D eigenvalue weighted by atomic mass is 19.4. The van der Waals surface area contributed by atoms with E-state index in [1.165, 1.54) is 12.3 Å². The minimum Gasteiger partial charge on any atom is -0.481 e. The van der Waals surface area contributed by atoms with Gasteiger partial charge in [0.05, 0.1) is 12.0 Å². The van der Waals surface area contributed by atoms with E-state index in [1.54, 1.807) is 18.2 Å². The molecule has 1 N–H and O–H groups in total. The van der Waals surface area contributed by atoms with Gasteiger partial charge in [0.15, 0.2) is 0 Å². The normalized spacial score (nSPS) is 11.4. The minimum absolute atomic E-state index is 0.0318. The van der Waals surface area contributed by atoms with Gasteiger partial charge in [-0.1, -0.05) is 18.2 Å². The van der Waals surface area contributed by atoms with Gasteiger partial charge in [0.1, 0.15) is 0 Å². The summed E-state index contributed by atoms with van der Waals surface area (Å²) in [5.74, 6) is -0.918. The molecule has 1 aromatic carbocycles. The SMILES string of the molecule is O=C(O)CCc1ccc(-c2cccc(C(F)(F)F)c2)cn1. The molecule has 21 heavy (non-hydrogen) atoms. The number of carboxylic acid groups (broad SMARTS) is 1. The zero-order valence-electron chi connectivity index (χ0n) is 10.9. The molecule has 0 saturated carbocycles. The summed E-state index contributed by atoms with van der Waals surface area (Å²) in [6.45, 7) is 0. The number of rotatable bonds is 4. The lowest BCUT2D eigenvalue weighted by Gasteiger charge is -2.09. The third-order valence-electron chi connectivity index (χ3n) is 2.94. The molecule has 0 fully saturated rings. The molecular formula is C15H12F3NO2. The Morgan fingerprint density at radius 3 is 2.48 bits per heavy atom. The Morgan fingerprint density at radius 1 is 1.14 bits per heavy atom. The molecule has 0 bridgehead atoms. The van der Waals surface area contributed by atoms with Gasteiger partial charge < -0.3 is 5.11 Å². The Morgan fingerprint density at radius 2 is 1.90 bits per heavy atom. The molecular weight excluding hydrogens is 283 g/mol. The van der Waals surface area contributed by atoms with E-state index in [-0.39, 0.29) is 12.8 Å². The van der Waals surface area contributed by atoms with Crippen LogP contribution in [-0.2, 0) is 17.4 Å². The highest BCUT2D eigenvalue weighted by Crippen LogP contribution is 2.31. The molecule has 2 aromatic rings. The fourth-order valence-electron chi connectivity index (χ4n) is 1.85. The maximum Gasteiger partial charge on any atom is 0.416 e. The molecule has 6 heteroatoms. The molecule has 0 aliphatic rings. The van der Waals surface area contributed by atoms with Crippen LogP contribution in [0.5, 0.6) is 0 Å². The van der Waals surface area contributed by atoms with Gasteiger partial charge in [-0.3, -0.25) is 9.78 Å². The van der Waals surface area contributed by atoms with E-state index in [0.29, 0.717) is 16.8 Å². The summed E-state index contributed by atoms with van der Waals surface area (Å²) >= 11 is 0. The van der Waals surface area contributed by atoms with E-state index < -0.39 is 17.7 Å². The highest BCUT2D eigenvalue weighted by Gasteiger charge is 2.30. The van der Waals surface area contributed by atoms with Crippen molar-refractivity contribution in [1.29, 1.82) is 0 Å². The first-order valence-corrected chi connectivity index (χ1v) is 6.20. The van der Waals surface area contributed by atoms with Gasteiger partial charge in [-0.05, 0) is 23.8 Å². The van der Waals surface area contributed by atoms with Crippen LogP contribution in [-0.4, -0.2) is 16.1 Å². The third-order valence-corrected chi connectivity index (χ3v) is 2.94. The number of benzene rings is 1. The first kappa shape index (κ1) is 15.0. The van der Waals surface area contributed by atoms with Crippen molar-refractivity contribution in [3.63, 3.8) is 0 Å². The van der Waals surface area contributed by atoms with Crippen molar-refractivity contribution in [3.8, 4) is 11.1 Å². The molecule has 0 atom stereocenters. The number of hydrogen-bond donors (Lipinski definition) is 1. The van der Waals surface area contributed by atoms with Crippen molar-refractivity contribution < 1.29 is 23.1 Å². The lowest BCUT2D eigenvalue weighted by Crippen LogP contribution is -2.04. The van der Waals surface area contributed by atoms with Crippen LogP contribution < -0.4 is 0 Å². The van der Waals surface area contributed by atoms with Crippen molar-refractivity contribution in [2.45, 2.75) is 19.0 Å². The van der Waals surface area contributed by atoms with Gasteiger partial charge >= 0.3 is 12.1 Å². The predicted octanol–water partition coefficient (Wildman–Crippen LogP) is 3.78. The molecule has 1 aromatic heterocycles. The summed E-state index contributed by atoms with van der Waals surface area (Å²) < 4.78 is 38.0. The van der Waals surface area contributed by atoms with Crippen LogP contribution in [0.4, 0.5) is 13.2 Å². The molecule has 1 heterocycles. The fourth-order valence-corrected chi connectivity index (χ4v) is 1.85. The Kier molecular flexibility index (Phi) is 4.26. The number of pyridine rings is 1. The number of nitrogens with zero attached hydrogens (tertiary/aromatic N) is 1. The van der Waals surface area contributed by atoms with Crippen molar-refractivity contribution in [1.82, 2.24) is 4.98 Å². The molecule has 3 nitrogen and oxygen atoms in total. The number of halogens is 3. The monoisotopic (exact) mass is 295 g/mol. The van der Waals surface area contributed by atoms with Crippen LogP contribution in [0.15, 0.2) is 42.6 Å². The van der Waals surface area contributed by atoms with E-state index in [9.17, 15) is 18.0 Å². The summed E-state index contributed by atoms with van der Waals surface area (Å²) in [5.41, 5.74) is 0.852. The second kappa shape index (κ2) is 5.95. The van der Waals surface area contributed by atoms with Gasteiger partial charge in [0, 0.05) is 23.9 Å². The van der Waals surface area contributed by atoms with E-state index >= 15 is 0 Å². The summed E-state index contributed by atoms with van der Waals surface area (Å²) in [6, 6.07) is 8.25. The van der Waals surface area contributed by atoms with Gasteiger partial charge in [-0.2, -0.15) is 13.2 Å². The number of alkyl halides is 3. The van der Waals surface area contributed by atoms with Crippen molar-refractivity contribution in [2.24, 2.45) is 0 Å². The average molecular weight is 295 g/mol. The number of aromatic nitrogens is 1. The molecule has 0 aliphatic heterocycles. The Balaban J connectivity index is 2.21. The first-order valence-electron chi connectivity index (χ1n) is 6.20. The number of aryl methyl sites for hydroxylation is 1. The zero-order chi connectivity index (χ0) is 15.5. The summed E-state index contributed by atoms with van der Waals surface area (Å²) in [4.78, 5) is 14.5. The Hall–Kier alpha value is -2.37. The van der Waals surface area contributed by atoms with E-state index in [2.05, 4.69) is 4.98 Å². The molecule has 2 rings (SSSR count). The predicted molar refractivity (Wildman–Crippen MR) is 70.6 cm³/mol. The molecule has 0 unspecified atom stereocenters. The Labute approximate surface area is 119 Å². The summed E-state index contributed by atoms with van der Waals surface area (Å²) in [6.07, 6.45) is -2.67. The number of aliphatic carboxylic acids is 1. The van der Waals surface area contributed by atoms with E-state index in [1.807, 2.05) is 0 Å². The van der Waals surface area contributed by atoms with Crippen LogP contribution in [0, 0.1) is 0 Å². The molecule has 0 saturated heterocycles. The summed E-state index contributed by atoms with van der Waals surface area (Å²) in [5, 5.41) is 8.58. The van der Waals surface area contributed by atoms with Crippen LogP contribution in [0.2, 0.25) is 0 Å². The summed E-state index contributed by atoms with van der Waals surface area (Å²) in [7, 11) is 0.